The second-order valence-corrected chi connectivity index (χ2v) is 6.23. The molecule has 5 heteroatoms. The summed E-state index contributed by atoms with van der Waals surface area (Å²) in [5.74, 6) is 0. The van der Waals surface area contributed by atoms with Crippen LogP contribution in [0, 0.1) is 0 Å². The summed E-state index contributed by atoms with van der Waals surface area (Å²) in [4.78, 5) is 9.46. The quantitative estimate of drug-likeness (QED) is 0.599. The van der Waals surface area contributed by atoms with Crippen molar-refractivity contribution in [2.24, 2.45) is 0 Å². The zero-order chi connectivity index (χ0) is 4.28. The zero-order valence-corrected chi connectivity index (χ0v) is 10.2. The Bertz CT molecular complexity index is 48.8. The zero-order valence-electron chi connectivity index (χ0n) is 2.84. The van der Waals surface area contributed by atoms with Crippen molar-refractivity contribution < 1.29 is 31.0 Å². The van der Waals surface area contributed by atoms with E-state index in [1.54, 1.807) is 0 Å². The average Bonchev–Trinajstić information content (AvgIpc) is 1.38. The van der Waals surface area contributed by atoms with Gasteiger partial charge in [0.05, 0.1) is 0 Å². The summed E-state index contributed by atoms with van der Waals surface area (Å²) in [5.41, 5.74) is 0. The second kappa shape index (κ2) is 6.53. The molecule has 0 bridgehead atoms. The molecule has 0 heterocycles. The standard InChI is InChI=1S/CH2AsO2.Mo.Sb.2H/c2-1(3)4;;;;/h2H,(H,3,4);;;;/q-1;;+1;;. The summed E-state index contributed by atoms with van der Waals surface area (Å²) in [6.07, 6.45) is 0. The molecule has 0 rings (SSSR count). The maximum Gasteiger partial charge on any atom is 0 e. The average molecular weight is 341 g/mol. The van der Waals surface area contributed by atoms with E-state index in [0.29, 0.717) is 0 Å². The third-order valence-corrected chi connectivity index (χ3v) is 4.30. The van der Waals surface area contributed by atoms with Gasteiger partial charge in [-0.1, -0.05) is 0 Å². The van der Waals surface area contributed by atoms with Crippen LogP contribution in [0.3, 0.4) is 0 Å². The largest absolute Gasteiger partial charge is 0 e. The Morgan fingerprint density at radius 2 is 2.00 bits per heavy atom. The van der Waals surface area contributed by atoms with Crippen molar-refractivity contribution in [2.75, 3.05) is 0 Å². The Morgan fingerprint density at radius 3 is 2.00 bits per heavy atom. The molecule has 0 aliphatic rings. The van der Waals surface area contributed by atoms with Gasteiger partial charge in [-0.2, -0.15) is 0 Å². The van der Waals surface area contributed by atoms with E-state index in [1.165, 1.54) is 0 Å². The summed E-state index contributed by atoms with van der Waals surface area (Å²) in [6, 6.07) is 0. The normalized spacial score (nSPS) is 8.17. The van der Waals surface area contributed by atoms with Crippen LogP contribution in [0.15, 0.2) is 0 Å². The van der Waals surface area contributed by atoms with Gasteiger partial charge >= 0.3 is 47.5 Å². The SMILES string of the molecule is O=C(O)[AsH][SbH2].[Mo]. The Morgan fingerprint density at radius 1 is 1.83 bits per heavy atom. The minimum atomic E-state index is -0.563. The fourth-order valence-electron chi connectivity index (χ4n) is 0. The number of hydrogen-bond donors (Lipinski definition) is 1. The Labute approximate surface area is 67.8 Å². The van der Waals surface area contributed by atoms with Crippen LogP contribution in [-0.4, -0.2) is 42.7 Å². The first-order valence-corrected chi connectivity index (χ1v) is 11.8. The smallest absolute Gasteiger partial charge is 0 e. The molecule has 1 N–H and O–H groups in total. The van der Waals surface area contributed by atoms with E-state index >= 15 is 0 Å². The molecule has 0 aromatic carbocycles. The topological polar surface area (TPSA) is 37.3 Å². The number of rotatable bonds is 1. The van der Waals surface area contributed by atoms with Crippen LogP contribution in [0.5, 0.6) is 0 Å². The van der Waals surface area contributed by atoms with Gasteiger partial charge in [-0.25, -0.2) is 0 Å². The van der Waals surface area contributed by atoms with Crippen LogP contribution in [-0.2, 0) is 21.1 Å². The fraction of sp³-hybridized carbons (Fsp3) is 0. The minimum Gasteiger partial charge on any atom is 0 e. The van der Waals surface area contributed by atoms with Crippen molar-refractivity contribution >= 4 is 37.6 Å². The molecule has 1 unspecified atom stereocenters. The molecule has 2 nitrogen and oxygen atoms in total. The molecule has 36 valence electrons. The van der Waals surface area contributed by atoms with Gasteiger partial charge in [0.15, 0.2) is 0 Å². The molecule has 0 spiro atoms. The molecule has 0 radical (unpaired) electrons. The van der Waals surface area contributed by atoms with Crippen LogP contribution in [0.25, 0.3) is 0 Å². The van der Waals surface area contributed by atoms with E-state index in [-0.39, 0.29) is 21.1 Å². The fourth-order valence-corrected chi connectivity index (χ4v) is 0. The van der Waals surface area contributed by atoms with Gasteiger partial charge in [0.1, 0.15) is 0 Å². The van der Waals surface area contributed by atoms with Crippen LogP contribution in [0.1, 0.15) is 0 Å². The van der Waals surface area contributed by atoms with Gasteiger partial charge in [0.2, 0.25) is 0 Å². The van der Waals surface area contributed by atoms with Crippen LogP contribution >= 0.6 is 0 Å². The van der Waals surface area contributed by atoms with E-state index in [9.17, 15) is 4.79 Å². The maximum absolute atomic E-state index is 9.46. The molecule has 0 saturated carbocycles. The molecule has 6 heavy (non-hydrogen) atoms. The van der Waals surface area contributed by atoms with E-state index in [0.717, 1.165) is 20.5 Å². The number of carbonyl (C=O) groups is 1. The van der Waals surface area contributed by atoms with Gasteiger partial charge < -0.3 is 0 Å². The van der Waals surface area contributed by atoms with Crippen molar-refractivity contribution in [2.45, 2.75) is 0 Å². The predicted molar refractivity (Wildman–Crippen MR) is 23.7 cm³/mol. The van der Waals surface area contributed by atoms with Crippen LogP contribution < -0.4 is 0 Å². The van der Waals surface area contributed by atoms with Gasteiger partial charge in [-0.15, -0.1) is 0 Å². The van der Waals surface area contributed by atoms with Crippen molar-refractivity contribution in [1.29, 1.82) is 0 Å². The maximum atomic E-state index is 9.46. The van der Waals surface area contributed by atoms with Crippen molar-refractivity contribution in [1.82, 2.24) is 0 Å². The molecule has 1 atom stereocenters. The summed E-state index contributed by atoms with van der Waals surface area (Å²) < 4.78 is -0.563. The first-order valence-electron chi connectivity index (χ1n) is 0.966. The molecule has 0 fully saturated rings. The molecule has 0 aromatic heterocycles. The monoisotopic (exact) mass is 342 g/mol. The minimum absolute atomic E-state index is 0. The Balaban J connectivity index is 0. The molecular formula is CH4AsMoO2Sb. The molecule has 0 aromatic rings. The van der Waals surface area contributed by atoms with Crippen LogP contribution in [0.4, 0.5) is 4.79 Å². The Kier molecular flexibility index (Phi) is 11.4. The third-order valence-electron chi connectivity index (χ3n) is 0.123. The van der Waals surface area contributed by atoms with Crippen molar-refractivity contribution in [3.05, 3.63) is 0 Å². The molecule has 0 aliphatic heterocycles. The van der Waals surface area contributed by atoms with Crippen LogP contribution in [0.2, 0.25) is 0 Å². The predicted octanol–water partition coefficient (Wildman–Crippen LogP) is -1.35. The van der Waals surface area contributed by atoms with Gasteiger partial charge in [-0.3, -0.25) is 0 Å². The van der Waals surface area contributed by atoms with Crippen molar-refractivity contribution in [3.63, 3.8) is 0 Å². The first kappa shape index (κ1) is 10.5. The molecule has 0 saturated heterocycles. The molecule has 0 amide bonds. The van der Waals surface area contributed by atoms with Gasteiger partial charge in [0.25, 0.3) is 0 Å². The third kappa shape index (κ3) is 9.11. The summed E-state index contributed by atoms with van der Waals surface area (Å²) in [5, 5.41) is 7.81. The summed E-state index contributed by atoms with van der Waals surface area (Å²) in [6.45, 7) is 0. The second-order valence-electron chi connectivity index (χ2n) is 0.449. The van der Waals surface area contributed by atoms with E-state index in [1.807, 2.05) is 0 Å². The number of hydrogen-bond acceptors (Lipinski definition) is 1. The Hall–Kier alpha value is 1.53. The summed E-state index contributed by atoms with van der Waals surface area (Å²) in [7, 11) is 0. The van der Waals surface area contributed by atoms with E-state index < -0.39 is 17.1 Å². The van der Waals surface area contributed by atoms with Gasteiger partial charge in [0, 0.05) is 21.1 Å². The number of carboxylic acid groups (broad SMARTS) is 1. The summed E-state index contributed by atoms with van der Waals surface area (Å²) >= 11 is 0.443. The van der Waals surface area contributed by atoms with Gasteiger partial charge in [-0.05, 0) is 0 Å². The van der Waals surface area contributed by atoms with Crippen molar-refractivity contribution in [3.8, 4) is 0 Å². The first-order chi connectivity index (χ1) is 2.27. The molecular weight excluding hydrogens is 337 g/mol. The van der Waals surface area contributed by atoms with E-state index in [4.69, 9.17) is 5.11 Å². The van der Waals surface area contributed by atoms with E-state index in [2.05, 4.69) is 0 Å². The molecule has 0 aliphatic carbocycles.